The van der Waals surface area contributed by atoms with Crippen molar-refractivity contribution in [2.24, 2.45) is 10.9 Å². The average molecular weight is 625 g/mol. The van der Waals surface area contributed by atoms with Gasteiger partial charge in [0.05, 0.1) is 23.1 Å². The highest BCUT2D eigenvalue weighted by Gasteiger charge is 2.43. The summed E-state index contributed by atoms with van der Waals surface area (Å²) < 4.78 is 11.2. The molecule has 3 aromatic carbocycles. The van der Waals surface area contributed by atoms with E-state index in [1.165, 1.54) is 23.3 Å². The van der Waals surface area contributed by atoms with E-state index >= 15 is 0 Å². The summed E-state index contributed by atoms with van der Waals surface area (Å²) in [6.45, 7) is 9.32. The number of nitro groups is 1. The number of non-ortho nitro benzene ring substituents is 1. The van der Waals surface area contributed by atoms with Crippen molar-refractivity contribution in [3.63, 3.8) is 0 Å². The van der Waals surface area contributed by atoms with Crippen molar-refractivity contribution in [3.8, 4) is 0 Å². The van der Waals surface area contributed by atoms with Gasteiger partial charge in [0.15, 0.2) is 0 Å². The van der Waals surface area contributed by atoms with Gasteiger partial charge in [0.1, 0.15) is 12.5 Å². The molecule has 0 aliphatic carbocycles. The summed E-state index contributed by atoms with van der Waals surface area (Å²) in [6.07, 6.45) is 0. The Morgan fingerprint density at radius 3 is 2.13 bits per heavy atom. The van der Waals surface area contributed by atoms with E-state index in [1.807, 2.05) is 12.1 Å². The van der Waals surface area contributed by atoms with Gasteiger partial charge in [0, 0.05) is 62.2 Å². The number of esters is 2. The Bertz CT molecular complexity index is 1560. The lowest BCUT2D eigenvalue weighted by Gasteiger charge is -2.39. The van der Waals surface area contributed by atoms with Gasteiger partial charge in [-0.2, -0.15) is 0 Å². The lowest BCUT2D eigenvalue weighted by atomic mass is 9.75. The first-order valence-corrected chi connectivity index (χ1v) is 15.7. The first kappa shape index (κ1) is 32.7. The van der Waals surface area contributed by atoms with Crippen LogP contribution in [-0.4, -0.2) is 78.3 Å². The Kier molecular flexibility index (Phi) is 10.7. The molecule has 240 valence electrons. The van der Waals surface area contributed by atoms with Crippen LogP contribution in [0.5, 0.6) is 0 Å². The maximum atomic E-state index is 13.7. The van der Waals surface area contributed by atoms with Gasteiger partial charge in [-0.25, -0.2) is 4.79 Å². The van der Waals surface area contributed by atoms with Crippen LogP contribution in [0.2, 0.25) is 0 Å². The molecule has 2 atom stereocenters. The average Bonchev–Trinajstić information content (AvgIpc) is 3.06. The normalized spacial score (nSPS) is 19.1. The molecule has 2 aliphatic rings. The summed E-state index contributed by atoms with van der Waals surface area (Å²) >= 11 is 0. The van der Waals surface area contributed by atoms with E-state index in [9.17, 15) is 19.7 Å². The van der Waals surface area contributed by atoms with Crippen molar-refractivity contribution in [2.75, 3.05) is 45.9 Å². The molecule has 5 rings (SSSR count). The molecule has 2 aliphatic heterocycles. The third-order valence-corrected chi connectivity index (χ3v) is 8.67. The van der Waals surface area contributed by atoms with E-state index in [1.54, 1.807) is 32.9 Å². The molecule has 10 heteroatoms. The second-order valence-electron chi connectivity index (χ2n) is 11.5. The highest BCUT2D eigenvalue weighted by atomic mass is 16.6. The molecule has 46 heavy (non-hydrogen) atoms. The summed E-state index contributed by atoms with van der Waals surface area (Å²) in [6, 6.07) is 27.2. The smallest absolute Gasteiger partial charge is 0.336 e. The Hall–Kier alpha value is -4.67. The molecule has 0 aromatic heterocycles. The number of piperazine rings is 1. The molecular formula is C36H40N4O6. The molecule has 0 spiro atoms. The number of hydrogen-bond acceptors (Lipinski definition) is 9. The van der Waals surface area contributed by atoms with Crippen LogP contribution in [0.15, 0.2) is 101 Å². The van der Waals surface area contributed by atoms with E-state index in [0.717, 1.165) is 26.2 Å². The van der Waals surface area contributed by atoms with Crippen molar-refractivity contribution >= 4 is 23.3 Å². The molecule has 1 saturated heterocycles. The van der Waals surface area contributed by atoms with Crippen LogP contribution in [0.3, 0.4) is 0 Å². The van der Waals surface area contributed by atoms with Crippen LogP contribution < -0.4 is 0 Å². The van der Waals surface area contributed by atoms with Gasteiger partial charge in [0.2, 0.25) is 0 Å². The number of hydrogen-bond donors (Lipinski definition) is 0. The molecule has 2 unspecified atom stereocenters. The molecule has 10 nitrogen and oxygen atoms in total. The summed E-state index contributed by atoms with van der Waals surface area (Å²) in [4.78, 5) is 47.2. The minimum Gasteiger partial charge on any atom is -0.465 e. The van der Waals surface area contributed by atoms with E-state index in [0.29, 0.717) is 23.5 Å². The third kappa shape index (κ3) is 7.41. The van der Waals surface area contributed by atoms with Crippen LogP contribution >= 0.6 is 0 Å². The number of rotatable bonds is 11. The predicted octanol–water partition coefficient (Wildman–Crippen LogP) is 5.56. The first-order valence-electron chi connectivity index (χ1n) is 15.7. The molecule has 0 saturated carbocycles. The van der Waals surface area contributed by atoms with Crippen molar-refractivity contribution in [1.29, 1.82) is 0 Å². The molecule has 3 aromatic rings. The highest BCUT2D eigenvalue weighted by Crippen LogP contribution is 2.41. The van der Waals surface area contributed by atoms with Crippen LogP contribution in [0.25, 0.3) is 0 Å². The minimum atomic E-state index is -0.913. The largest absolute Gasteiger partial charge is 0.465 e. The number of nitro benzene ring substituents is 1. The summed E-state index contributed by atoms with van der Waals surface area (Å²) in [5.74, 6) is -2.88. The molecule has 0 amide bonds. The van der Waals surface area contributed by atoms with E-state index < -0.39 is 28.7 Å². The molecule has 1 fully saturated rings. The fourth-order valence-electron chi connectivity index (χ4n) is 6.51. The van der Waals surface area contributed by atoms with Gasteiger partial charge in [-0.1, -0.05) is 72.8 Å². The molecule has 0 radical (unpaired) electrons. The summed E-state index contributed by atoms with van der Waals surface area (Å²) in [7, 11) is 0. The van der Waals surface area contributed by atoms with Gasteiger partial charge in [-0.15, -0.1) is 0 Å². The second-order valence-corrected chi connectivity index (χ2v) is 11.5. The second kappa shape index (κ2) is 15.1. The summed E-state index contributed by atoms with van der Waals surface area (Å²) in [5.41, 5.74) is 3.94. The Balaban J connectivity index is 1.27. The monoisotopic (exact) mass is 624 g/mol. The predicted molar refractivity (Wildman–Crippen MR) is 175 cm³/mol. The van der Waals surface area contributed by atoms with Crippen molar-refractivity contribution in [1.82, 2.24) is 9.80 Å². The first-order chi connectivity index (χ1) is 22.3. The number of ether oxygens (including phenoxy) is 2. The number of carbonyl (C=O) groups excluding carboxylic acids is 2. The minimum absolute atomic E-state index is 0.133. The van der Waals surface area contributed by atoms with Crippen molar-refractivity contribution in [3.05, 3.63) is 123 Å². The Morgan fingerprint density at radius 1 is 0.913 bits per heavy atom. The topological polar surface area (TPSA) is 115 Å². The maximum absolute atomic E-state index is 13.7. The lowest BCUT2D eigenvalue weighted by molar-refractivity contribution is -0.384. The van der Waals surface area contributed by atoms with Gasteiger partial charge in [-0.3, -0.25) is 29.7 Å². The summed E-state index contributed by atoms with van der Waals surface area (Å²) in [5, 5.41) is 11.6. The number of nitrogens with zero attached hydrogens (tertiary/aromatic N) is 4. The van der Waals surface area contributed by atoms with Crippen LogP contribution in [0.1, 0.15) is 49.4 Å². The molecule has 2 heterocycles. The van der Waals surface area contributed by atoms with Gasteiger partial charge >= 0.3 is 11.9 Å². The SMILES string of the molecule is CCOC(=O)C1C(C)=NC(C)=C(C(=O)OCCN2CCN(C(c3ccccc3)c3ccccc3)CC2)C1c1cccc([N+](=O)[O-])c1. The molecule has 0 N–H and O–H groups in total. The zero-order valence-electron chi connectivity index (χ0n) is 26.5. The number of carbonyl (C=O) groups is 2. The fourth-order valence-corrected chi connectivity index (χ4v) is 6.51. The number of aliphatic imine (C=N–C) groups is 1. The maximum Gasteiger partial charge on any atom is 0.336 e. The number of benzene rings is 3. The fraction of sp³-hybridized carbons (Fsp3) is 0.361. The van der Waals surface area contributed by atoms with Crippen molar-refractivity contribution < 1.29 is 24.0 Å². The molecule has 0 bridgehead atoms. The highest BCUT2D eigenvalue weighted by molar-refractivity contribution is 6.07. The van der Waals surface area contributed by atoms with E-state index in [4.69, 9.17) is 9.47 Å². The standard InChI is InChI=1S/C36H40N4O6/c1-4-45-35(41)31-25(2)37-26(3)32(33(31)29-16-11-17-30(24-29)40(43)44)36(42)46-23-22-38-18-20-39(21-19-38)34(27-12-7-5-8-13-27)28-14-9-6-10-15-28/h5-17,24,31,33-34H,4,18-23H2,1-3H3. The molecular weight excluding hydrogens is 584 g/mol. The van der Waals surface area contributed by atoms with Gasteiger partial charge < -0.3 is 9.47 Å². The number of allylic oxidation sites excluding steroid dienone is 1. The van der Waals surface area contributed by atoms with Crippen LogP contribution in [0, 0.1) is 16.0 Å². The van der Waals surface area contributed by atoms with E-state index in [2.05, 4.69) is 63.3 Å². The quantitative estimate of drug-likeness (QED) is 0.155. The Labute approximate surface area is 269 Å². The van der Waals surface area contributed by atoms with Crippen LogP contribution in [-0.2, 0) is 19.1 Å². The third-order valence-electron chi connectivity index (χ3n) is 8.67. The van der Waals surface area contributed by atoms with E-state index in [-0.39, 0.29) is 30.5 Å². The van der Waals surface area contributed by atoms with Gasteiger partial charge in [0.25, 0.3) is 5.69 Å². The zero-order chi connectivity index (χ0) is 32.6. The van der Waals surface area contributed by atoms with Crippen molar-refractivity contribution in [2.45, 2.75) is 32.7 Å². The van der Waals surface area contributed by atoms with Crippen LogP contribution in [0.4, 0.5) is 5.69 Å². The lowest BCUT2D eigenvalue weighted by Crippen LogP contribution is -2.48. The Morgan fingerprint density at radius 2 is 1.54 bits per heavy atom. The zero-order valence-corrected chi connectivity index (χ0v) is 26.5. The van der Waals surface area contributed by atoms with Gasteiger partial charge in [-0.05, 0) is 37.5 Å².